The molecule has 0 saturated carbocycles. The number of rotatable bonds is 3. The maximum Gasteiger partial charge on any atom is 0.350 e. The first-order chi connectivity index (χ1) is 8.58. The standard InChI is InChI=1S/C10H10IN3O2S2/c1-3-16-9(15)6-5(12)4-7(11)13-10(17-2)14-8(4)18-6/h3,12H2,1-2H3. The van der Waals surface area contributed by atoms with E-state index in [0.29, 0.717) is 22.3 Å². The smallest absolute Gasteiger partial charge is 0.350 e. The van der Waals surface area contributed by atoms with Gasteiger partial charge in [0.05, 0.1) is 17.7 Å². The van der Waals surface area contributed by atoms with Crippen LogP contribution in [0.15, 0.2) is 5.16 Å². The molecule has 2 heterocycles. The fourth-order valence-electron chi connectivity index (χ4n) is 1.40. The summed E-state index contributed by atoms with van der Waals surface area (Å²) in [5, 5.41) is 1.41. The van der Waals surface area contributed by atoms with Gasteiger partial charge in [-0.05, 0) is 35.8 Å². The van der Waals surface area contributed by atoms with E-state index in [1.807, 2.05) is 6.26 Å². The summed E-state index contributed by atoms with van der Waals surface area (Å²) in [7, 11) is 0. The zero-order valence-corrected chi connectivity index (χ0v) is 13.5. The molecule has 2 aromatic rings. The minimum absolute atomic E-state index is 0.325. The van der Waals surface area contributed by atoms with Crippen molar-refractivity contribution in [2.75, 3.05) is 18.6 Å². The minimum atomic E-state index is -0.403. The molecule has 0 bridgehead atoms. The maximum absolute atomic E-state index is 11.8. The molecule has 18 heavy (non-hydrogen) atoms. The number of nitrogens with zero attached hydrogens (tertiary/aromatic N) is 2. The van der Waals surface area contributed by atoms with Gasteiger partial charge in [-0.3, -0.25) is 0 Å². The van der Waals surface area contributed by atoms with Gasteiger partial charge in [0.25, 0.3) is 0 Å². The zero-order valence-electron chi connectivity index (χ0n) is 9.69. The van der Waals surface area contributed by atoms with Crippen molar-refractivity contribution in [2.45, 2.75) is 12.1 Å². The van der Waals surface area contributed by atoms with Crippen LogP contribution in [-0.4, -0.2) is 28.8 Å². The van der Waals surface area contributed by atoms with E-state index in [2.05, 4.69) is 32.6 Å². The molecule has 0 amide bonds. The molecule has 0 aromatic carbocycles. The van der Waals surface area contributed by atoms with Gasteiger partial charge < -0.3 is 10.5 Å². The second-order valence-electron chi connectivity index (χ2n) is 3.25. The number of esters is 1. The summed E-state index contributed by atoms with van der Waals surface area (Å²) >= 11 is 4.80. The first kappa shape index (κ1) is 13.8. The number of thioether (sulfide) groups is 1. The van der Waals surface area contributed by atoms with Crippen molar-refractivity contribution in [3.05, 3.63) is 8.58 Å². The highest BCUT2D eigenvalue weighted by atomic mass is 127. The van der Waals surface area contributed by atoms with Gasteiger partial charge in [0.2, 0.25) is 0 Å². The molecule has 0 atom stereocenters. The van der Waals surface area contributed by atoms with Crippen LogP contribution in [0.1, 0.15) is 16.6 Å². The SMILES string of the molecule is CCOC(=O)c1sc2nc(SC)nc(I)c2c1N. The van der Waals surface area contributed by atoms with Crippen LogP contribution < -0.4 is 5.73 Å². The largest absolute Gasteiger partial charge is 0.462 e. The van der Waals surface area contributed by atoms with E-state index in [1.54, 1.807) is 6.92 Å². The van der Waals surface area contributed by atoms with Crippen molar-refractivity contribution in [1.29, 1.82) is 0 Å². The highest BCUT2D eigenvalue weighted by molar-refractivity contribution is 14.1. The molecule has 0 fully saturated rings. The van der Waals surface area contributed by atoms with Crippen molar-refractivity contribution in [3.8, 4) is 0 Å². The maximum atomic E-state index is 11.8. The van der Waals surface area contributed by atoms with E-state index in [1.165, 1.54) is 23.1 Å². The monoisotopic (exact) mass is 395 g/mol. The molecule has 2 rings (SSSR count). The zero-order chi connectivity index (χ0) is 13.3. The Balaban J connectivity index is 2.62. The van der Waals surface area contributed by atoms with Crippen LogP contribution in [0.4, 0.5) is 5.69 Å². The molecule has 0 aliphatic heterocycles. The van der Waals surface area contributed by atoms with E-state index < -0.39 is 5.97 Å². The number of anilines is 1. The Labute approximate surface area is 126 Å². The van der Waals surface area contributed by atoms with Gasteiger partial charge in [-0.1, -0.05) is 11.8 Å². The number of carbonyl (C=O) groups is 1. The van der Waals surface area contributed by atoms with Crippen molar-refractivity contribution in [3.63, 3.8) is 0 Å². The molecule has 2 aromatic heterocycles. The van der Waals surface area contributed by atoms with Crippen LogP contribution in [0.3, 0.4) is 0 Å². The van der Waals surface area contributed by atoms with Crippen LogP contribution in [0.2, 0.25) is 0 Å². The Morgan fingerprint density at radius 2 is 2.28 bits per heavy atom. The number of hydrogen-bond donors (Lipinski definition) is 1. The Morgan fingerprint density at radius 1 is 1.56 bits per heavy atom. The number of carbonyl (C=O) groups excluding carboxylic acids is 1. The Bertz CT molecular complexity index is 615. The van der Waals surface area contributed by atoms with Gasteiger partial charge in [0, 0.05) is 0 Å². The quantitative estimate of drug-likeness (QED) is 0.283. The predicted octanol–water partition coefficient (Wildman–Crippen LogP) is 2.78. The van der Waals surface area contributed by atoms with Gasteiger partial charge in [-0.2, -0.15) is 0 Å². The molecule has 2 N–H and O–H groups in total. The molecule has 0 spiro atoms. The number of ether oxygens (including phenoxy) is 1. The number of halogens is 1. The van der Waals surface area contributed by atoms with Gasteiger partial charge in [0.1, 0.15) is 13.4 Å². The average Bonchev–Trinajstić information content (AvgIpc) is 2.67. The topological polar surface area (TPSA) is 78.1 Å². The number of aromatic nitrogens is 2. The summed E-state index contributed by atoms with van der Waals surface area (Å²) in [4.78, 5) is 21.5. The molecule has 96 valence electrons. The number of hydrogen-bond acceptors (Lipinski definition) is 7. The number of nitrogen functional groups attached to an aromatic ring is 1. The molecule has 0 aliphatic carbocycles. The normalized spacial score (nSPS) is 10.8. The van der Waals surface area contributed by atoms with Crippen molar-refractivity contribution < 1.29 is 9.53 Å². The van der Waals surface area contributed by atoms with Gasteiger partial charge in [-0.25, -0.2) is 14.8 Å². The van der Waals surface area contributed by atoms with Crippen LogP contribution in [-0.2, 0) is 4.74 Å². The van der Waals surface area contributed by atoms with Crippen molar-refractivity contribution in [2.24, 2.45) is 0 Å². The lowest BCUT2D eigenvalue weighted by atomic mass is 10.3. The van der Waals surface area contributed by atoms with E-state index >= 15 is 0 Å². The number of nitrogens with two attached hydrogens (primary N) is 1. The van der Waals surface area contributed by atoms with Crippen molar-refractivity contribution in [1.82, 2.24) is 9.97 Å². The third-order valence-corrected chi connectivity index (χ3v) is 4.58. The summed E-state index contributed by atoms with van der Waals surface area (Å²) in [6, 6.07) is 0. The number of thiophene rings is 1. The van der Waals surface area contributed by atoms with Crippen LogP contribution in [0.25, 0.3) is 10.2 Å². The Kier molecular flexibility index (Phi) is 4.28. The lowest BCUT2D eigenvalue weighted by Crippen LogP contribution is -2.05. The molecular weight excluding hydrogens is 385 g/mol. The summed E-state index contributed by atoms with van der Waals surface area (Å²) < 4.78 is 5.73. The fourth-order valence-corrected chi connectivity index (χ4v) is 3.93. The molecule has 8 heteroatoms. The van der Waals surface area contributed by atoms with Gasteiger partial charge in [-0.15, -0.1) is 11.3 Å². The summed E-state index contributed by atoms with van der Waals surface area (Å²) in [6.45, 7) is 2.09. The lowest BCUT2D eigenvalue weighted by molar-refractivity contribution is 0.0533. The lowest BCUT2D eigenvalue weighted by Gasteiger charge is -2.00. The van der Waals surface area contributed by atoms with E-state index in [4.69, 9.17) is 10.5 Å². The van der Waals surface area contributed by atoms with Crippen LogP contribution in [0, 0.1) is 3.70 Å². The van der Waals surface area contributed by atoms with Crippen LogP contribution in [0.5, 0.6) is 0 Å². The van der Waals surface area contributed by atoms with Gasteiger partial charge >= 0.3 is 5.97 Å². The first-order valence-corrected chi connectivity index (χ1v) is 8.17. The minimum Gasteiger partial charge on any atom is -0.462 e. The molecule has 0 unspecified atom stereocenters. The molecule has 0 radical (unpaired) electrons. The van der Waals surface area contributed by atoms with E-state index in [9.17, 15) is 4.79 Å². The molecule has 0 saturated heterocycles. The summed E-state index contributed by atoms with van der Waals surface area (Å²) in [5.41, 5.74) is 6.39. The second kappa shape index (κ2) is 5.57. The molecule has 5 nitrogen and oxygen atoms in total. The van der Waals surface area contributed by atoms with E-state index in [-0.39, 0.29) is 0 Å². The summed E-state index contributed by atoms with van der Waals surface area (Å²) in [6.07, 6.45) is 1.90. The van der Waals surface area contributed by atoms with Crippen molar-refractivity contribution >= 4 is 67.6 Å². The molecular formula is C10H10IN3O2S2. The van der Waals surface area contributed by atoms with Gasteiger partial charge in [0.15, 0.2) is 5.16 Å². The second-order valence-corrected chi connectivity index (χ2v) is 6.04. The third kappa shape index (κ3) is 2.41. The highest BCUT2D eigenvalue weighted by Gasteiger charge is 2.21. The summed E-state index contributed by atoms with van der Waals surface area (Å²) in [5.74, 6) is -0.403. The first-order valence-electron chi connectivity index (χ1n) is 5.05. The third-order valence-electron chi connectivity index (χ3n) is 2.17. The highest BCUT2D eigenvalue weighted by Crippen LogP contribution is 2.36. The molecule has 0 aliphatic rings. The average molecular weight is 395 g/mol. The predicted molar refractivity (Wildman–Crippen MR) is 82.3 cm³/mol. The number of fused-ring (bicyclic) bond motifs is 1. The van der Waals surface area contributed by atoms with E-state index in [0.717, 1.165) is 13.9 Å². The van der Waals surface area contributed by atoms with Crippen LogP contribution >= 0.6 is 45.7 Å². The fraction of sp³-hybridized carbons (Fsp3) is 0.300. The Hall–Kier alpha value is -0.610. The Morgan fingerprint density at radius 3 is 2.89 bits per heavy atom.